The first kappa shape index (κ1) is 40.9. The molecule has 3 aromatic rings. The van der Waals surface area contributed by atoms with E-state index in [1.54, 1.807) is 0 Å². The van der Waals surface area contributed by atoms with Gasteiger partial charge in [0.2, 0.25) is 11.8 Å². The van der Waals surface area contributed by atoms with Crippen LogP contribution in [0.5, 0.6) is 11.5 Å². The second-order valence-corrected chi connectivity index (χ2v) is 17.1. The van der Waals surface area contributed by atoms with Gasteiger partial charge in [0.25, 0.3) is 0 Å². The van der Waals surface area contributed by atoms with Gasteiger partial charge in [-0.2, -0.15) is 0 Å². The Hall–Kier alpha value is -5.86. The number of likely N-dealkylation sites (tertiary alicyclic amines) is 2. The van der Waals surface area contributed by atoms with E-state index in [2.05, 4.69) is 33.8 Å². The smallest absolute Gasteiger partial charge is 0.407 e. The molecule has 0 aliphatic carbocycles. The van der Waals surface area contributed by atoms with E-state index in [0.717, 1.165) is 98.9 Å². The third kappa shape index (κ3) is 7.36. The number of ether oxygens (including phenoxy) is 4. The number of amides is 4. The highest BCUT2D eigenvalue weighted by atomic mass is 16.5. The zero-order valence-electron chi connectivity index (χ0n) is 35.7. The molecule has 0 unspecified atom stereocenters. The van der Waals surface area contributed by atoms with Gasteiger partial charge in [0.15, 0.2) is 0 Å². The molecule has 8 rings (SSSR count). The third-order valence-corrected chi connectivity index (χ3v) is 12.6. The Morgan fingerprint density at radius 1 is 0.767 bits per heavy atom. The van der Waals surface area contributed by atoms with E-state index in [9.17, 15) is 19.2 Å². The SMILES string of the molecule is COC(=O)N[C@H](C(=O)N1CCC[C@H]1C1=NC(C)=C(c2cc3c4c(c2)OCc2cc(-c5nc([C@@H]6CCCN6C(=O)[C@@H](NC(=O)OC)C(C)C)[nH]c5C)cc(c2-4)OC3)C1)C(C)C. The summed E-state index contributed by atoms with van der Waals surface area (Å²) in [4.78, 5) is 69.0. The minimum atomic E-state index is -0.713. The molecule has 6 heterocycles. The molecule has 0 bridgehead atoms. The summed E-state index contributed by atoms with van der Waals surface area (Å²) in [6, 6.07) is 6.66. The van der Waals surface area contributed by atoms with Crippen LogP contribution < -0.4 is 20.1 Å². The van der Waals surface area contributed by atoms with Crippen LogP contribution in [0, 0.1) is 18.8 Å². The Morgan fingerprint density at radius 2 is 1.28 bits per heavy atom. The first-order valence-corrected chi connectivity index (χ1v) is 21.0. The number of aliphatic imine (C=N–C) groups is 1. The highest BCUT2D eigenvalue weighted by Crippen LogP contribution is 2.51. The van der Waals surface area contributed by atoms with Crippen molar-refractivity contribution in [2.24, 2.45) is 16.8 Å². The number of hydrogen-bond donors (Lipinski definition) is 3. The number of allylic oxidation sites excluding steroid dienone is 2. The number of nitrogens with zero attached hydrogens (tertiary/aromatic N) is 4. The van der Waals surface area contributed by atoms with Gasteiger partial charge in [0.05, 0.1) is 32.0 Å². The number of methoxy groups -OCH3 is 2. The predicted molar refractivity (Wildman–Crippen MR) is 224 cm³/mol. The molecule has 2 saturated heterocycles. The Kier molecular flexibility index (Phi) is 11.1. The number of carbonyl (C=O) groups is 4. The average molecular weight is 822 g/mol. The lowest BCUT2D eigenvalue weighted by Crippen LogP contribution is -2.53. The first-order chi connectivity index (χ1) is 28.8. The Bertz CT molecular complexity index is 2260. The van der Waals surface area contributed by atoms with Gasteiger partial charge in [-0.05, 0) is 86.8 Å². The lowest BCUT2D eigenvalue weighted by atomic mass is 9.86. The molecule has 0 spiro atoms. The average Bonchev–Trinajstić information content (AvgIpc) is 4.06. The van der Waals surface area contributed by atoms with Crippen molar-refractivity contribution >= 4 is 35.3 Å². The van der Waals surface area contributed by atoms with Gasteiger partial charge in [0.1, 0.15) is 42.6 Å². The summed E-state index contributed by atoms with van der Waals surface area (Å²) in [6.45, 7) is 13.6. The molecule has 0 saturated carbocycles. The van der Waals surface area contributed by atoms with Crippen LogP contribution in [0.2, 0.25) is 0 Å². The molecule has 1 aromatic heterocycles. The van der Waals surface area contributed by atoms with E-state index in [-0.39, 0.29) is 35.7 Å². The number of rotatable bonds is 10. The summed E-state index contributed by atoms with van der Waals surface area (Å²) in [5.41, 5.74) is 10.7. The van der Waals surface area contributed by atoms with Gasteiger partial charge in [-0.25, -0.2) is 14.6 Å². The normalized spacial score (nSPS) is 20.1. The number of hydrogen-bond acceptors (Lipinski definition) is 10. The lowest BCUT2D eigenvalue weighted by molar-refractivity contribution is -0.135. The van der Waals surface area contributed by atoms with Crippen LogP contribution in [0.1, 0.15) is 101 Å². The standard InChI is InChI=1S/C45H55N7O8/c1-22(2)38(49-44(55)57-7)42(53)51-13-9-11-32(51)31-19-30(24(5)46-31)26-15-28-20-60-35-18-27(16-29-21-59-34(17-26)36(28)37(29)35)40-25(6)47-41(48-40)33-12-10-14-52(33)43(54)39(23(3)4)50-45(56)58-8/h15-18,22-23,32-33,38-39H,9-14,19-21H2,1-8H3,(H,47,48)(H,49,55)(H,50,56)/t32-,33-,38-,39-/m0/s1. The van der Waals surface area contributed by atoms with Gasteiger partial charge in [-0.1, -0.05) is 27.7 Å². The minimum Gasteiger partial charge on any atom is -0.488 e. The third-order valence-electron chi connectivity index (χ3n) is 12.6. The molecule has 5 aliphatic heterocycles. The van der Waals surface area contributed by atoms with Gasteiger partial charge in [0, 0.05) is 64.4 Å². The molecule has 0 radical (unpaired) electrons. The molecule has 4 atom stereocenters. The van der Waals surface area contributed by atoms with Crippen molar-refractivity contribution in [3.8, 4) is 33.9 Å². The number of carbonyl (C=O) groups excluding carboxylic acids is 4. The molecular formula is C45H55N7O8. The summed E-state index contributed by atoms with van der Waals surface area (Å²) in [7, 11) is 2.59. The molecule has 2 fully saturated rings. The van der Waals surface area contributed by atoms with Crippen LogP contribution in [0.3, 0.4) is 0 Å². The summed E-state index contributed by atoms with van der Waals surface area (Å²) in [5, 5.41) is 5.45. The van der Waals surface area contributed by atoms with E-state index in [0.29, 0.717) is 38.5 Å². The predicted octanol–water partition coefficient (Wildman–Crippen LogP) is 6.83. The van der Waals surface area contributed by atoms with Gasteiger partial charge in [-0.15, -0.1) is 0 Å². The van der Waals surface area contributed by atoms with Crippen molar-refractivity contribution in [1.29, 1.82) is 0 Å². The number of aryl methyl sites for hydroxylation is 1. The number of H-pyrrole nitrogens is 1. The summed E-state index contributed by atoms with van der Waals surface area (Å²) in [6.07, 6.45) is 2.62. The van der Waals surface area contributed by atoms with Crippen molar-refractivity contribution in [2.45, 2.75) is 111 Å². The fourth-order valence-electron chi connectivity index (χ4n) is 9.50. The minimum absolute atomic E-state index is 0.109. The van der Waals surface area contributed by atoms with Crippen LogP contribution in [0.25, 0.3) is 28.0 Å². The monoisotopic (exact) mass is 821 g/mol. The van der Waals surface area contributed by atoms with Crippen molar-refractivity contribution in [3.05, 3.63) is 58.2 Å². The molecule has 3 N–H and O–H groups in total. The fraction of sp³-hybridized carbons (Fsp3) is 0.511. The quantitative estimate of drug-likeness (QED) is 0.198. The van der Waals surface area contributed by atoms with E-state index in [1.165, 1.54) is 14.2 Å². The van der Waals surface area contributed by atoms with Gasteiger partial charge < -0.3 is 44.4 Å². The first-order valence-electron chi connectivity index (χ1n) is 21.0. The maximum absolute atomic E-state index is 13.8. The topological polar surface area (TPSA) is 177 Å². The second-order valence-electron chi connectivity index (χ2n) is 17.1. The molecular weight excluding hydrogens is 767 g/mol. The van der Waals surface area contributed by atoms with Crippen molar-refractivity contribution in [3.63, 3.8) is 0 Å². The fourth-order valence-corrected chi connectivity index (χ4v) is 9.50. The molecule has 4 amide bonds. The van der Waals surface area contributed by atoms with Crippen LogP contribution in [0.4, 0.5) is 9.59 Å². The van der Waals surface area contributed by atoms with Gasteiger partial charge in [-0.3, -0.25) is 14.6 Å². The Balaban J connectivity index is 1.02. The van der Waals surface area contributed by atoms with E-state index in [4.69, 9.17) is 28.9 Å². The summed E-state index contributed by atoms with van der Waals surface area (Å²) >= 11 is 0. The summed E-state index contributed by atoms with van der Waals surface area (Å²) < 4.78 is 22.6. The molecule has 15 nitrogen and oxygen atoms in total. The van der Waals surface area contributed by atoms with Gasteiger partial charge >= 0.3 is 12.2 Å². The van der Waals surface area contributed by atoms with Crippen LogP contribution in [-0.4, -0.2) is 94.9 Å². The second kappa shape index (κ2) is 16.3. The largest absolute Gasteiger partial charge is 0.488 e. The van der Waals surface area contributed by atoms with Crippen LogP contribution in [0.15, 0.2) is 35.0 Å². The van der Waals surface area contributed by atoms with Crippen molar-refractivity contribution in [1.82, 2.24) is 30.4 Å². The highest BCUT2D eigenvalue weighted by Gasteiger charge is 2.41. The molecule has 5 aliphatic rings. The maximum atomic E-state index is 13.8. The Labute approximate surface area is 350 Å². The Morgan fingerprint density at radius 3 is 1.83 bits per heavy atom. The number of aromatic nitrogens is 2. The zero-order chi connectivity index (χ0) is 42.6. The highest BCUT2D eigenvalue weighted by molar-refractivity contribution is 6.05. The number of benzene rings is 2. The van der Waals surface area contributed by atoms with E-state index >= 15 is 0 Å². The van der Waals surface area contributed by atoms with E-state index < -0.39 is 24.3 Å². The van der Waals surface area contributed by atoms with Crippen LogP contribution in [-0.2, 0) is 32.3 Å². The summed E-state index contributed by atoms with van der Waals surface area (Å²) in [5.74, 6) is 1.79. The van der Waals surface area contributed by atoms with Crippen LogP contribution >= 0.6 is 0 Å². The molecule has 60 heavy (non-hydrogen) atoms. The van der Waals surface area contributed by atoms with E-state index in [1.807, 2.05) is 57.4 Å². The zero-order valence-corrected chi connectivity index (χ0v) is 35.7. The molecule has 2 aromatic carbocycles. The lowest BCUT2D eigenvalue weighted by Gasteiger charge is -2.31. The number of aromatic amines is 1. The number of nitrogens with one attached hydrogen (secondary N) is 3. The van der Waals surface area contributed by atoms with Crippen molar-refractivity contribution in [2.75, 3.05) is 27.3 Å². The molecule has 15 heteroatoms. The number of imidazole rings is 1. The maximum Gasteiger partial charge on any atom is 0.407 e. The molecule has 318 valence electrons. The number of alkyl carbamates (subject to hydrolysis) is 2. The van der Waals surface area contributed by atoms with Crippen molar-refractivity contribution < 1.29 is 38.1 Å².